The van der Waals surface area contributed by atoms with Crippen LogP contribution in [0.1, 0.15) is 29.4 Å². The number of hydrogen-bond donors (Lipinski definition) is 2. The molecular weight excluding hydrogens is 487 g/mol. The minimum absolute atomic E-state index is 0. The molecule has 2 N–H and O–H groups in total. The summed E-state index contributed by atoms with van der Waals surface area (Å²) >= 11 is 1.76. The molecule has 0 amide bonds. The Kier molecular flexibility index (Phi) is 11.2. The number of halogens is 1. The molecule has 0 saturated heterocycles. The molecule has 0 aliphatic rings. The molecule has 6 nitrogen and oxygen atoms in total. The average Bonchev–Trinajstić information content (AvgIpc) is 2.97. The highest BCUT2D eigenvalue weighted by Crippen LogP contribution is 2.26. The van der Waals surface area contributed by atoms with E-state index in [9.17, 15) is 0 Å². The largest absolute Gasteiger partial charge is 0.493 e. The van der Waals surface area contributed by atoms with Crippen LogP contribution in [0.5, 0.6) is 11.5 Å². The van der Waals surface area contributed by atoms with Crippen molar-refractivity contribution in [1.82, 2.24) is 15.6 Å². The van der Waals surface area contributed by atoms with Gasteiger partial charge in [-0.15, -0.1) is 35.3 Å². The van der Waals surface area contributed by atoms with Gasteiger partial charge in [-0.05, 0) is 39.8 Å². The second kappa shape index (κ2) is 12.8. The predicted molar refractivity (Wildman–Crippen MR) is 128 cm³/mol. The number of rotatable bonds is 9. The maximum atomic E-state index is 5.96. The van der Waals surface area contributed by atoms with E-state index in [1.54, 1.807) is 18.4 Å². The number of aliphatic imine (C=N–C) groups is 1. The van der Waals surface area contributed by atoms with Gasteiger partial charge in [-0.1, -0.05) is 12.1 Å². The molecule has 2 aromatic rings. The zero-order valence-electron chi connectivity index (χ0n) is 17.2. The molecule has 2 rings (SSSR count). The first kappa shape index (κ1) is 24.5. The number of thiazole rings is 1. The van der Waals surface area contributed by atoms with E-state index in [2.05, 4.69) is 41.4 Å². The van der Waals surface area contributed by atoms with Gasteiger partial charge in [0.25, 0.3) is 0 Å². The summed E-state index contributed by atoms with van der Waals surface area (Å²) in [6, 6.07) is 7.65. The van der Waals surface area contributed by atoms with E-state index in [1.807, 2.05) is 31.2 Å². The van der Waals surface area contributed by atoms with Crippen LogP contribution in [-0.2, 0) is 6.42 Å². The first-order valence-electron chi connectivity index (χ1n) is 9.28. The van der Waals surface area contributed by atoms with E-state index in [4.69, 9.17) is 9.47 Å². The number of guanidine groups is 1. The predicted octanol–water partition coefficient (Wildman–Crippen LogP) is 3.95. The van der Waals surface area contributed by atoms with Gasteiger partial charge in [0, 0.05) is 24.4 Å². The van der Waals surface area contributed by atoms with Crippen LogP contribution in [0.15, 0.2) is 29.3 Å². The van der Waals surface area contributed by atoms with Gasteiger partial charge in [0.1, 0.15) is 6.10 Å². The maximum Gasteiger partial charge on any atom is 0.191 e. The van der Waals surface area contributed by atoms with Gasteiger partial charge in [0.2, 0.25) is 0 Å². The number of ether oxygens (including phenoxy) is 2. The second-order valence-corrected chi connectivity index (χ2v) is 7.51. The topological polar surface area (TPSA) is 67.8 Å². The molecule has 8 heteroatoms. The number of methoxy groups -OCH3 is 1. The molecule has 1 aromatic heterocycles. The lowest BCUT2D eigenvalue weighted by atomic mass is 10.3. The molecular formula is C20H31IN4O2S. The van der Waals surface area contributed by atoms with Gasteiger partial charge < -0.3 is 20.1 Å². The summed E-state index contributed by atoms with van der Waals surface area (Å²) in [6.45, 7) is 10.4. The second-order valence-electron chi connectivity index (χ2n) is 6.22. The molecule has 0 bridgehead atoms. The highest BCUT2D eigenvalue weighted by molar-refractivity contribution is 14.0. The molecule has 1 atom stereocenters. The first-order chi connectivity index (χ1) is 13.0. The number of hydrogen-bond acceptors (Lipinski definition) is 5. The molecule has 1 unspecified atom stereocenters. The smallest absolute Gasteiger partial charge is 0.191 e. The van der Waals surface area contributed by atoms with Gasteiger partial charge in [-0.3, -0.25) is 0 Å². The molecule has 1 heterocycles. The van der Waals surface area contributed by atoms with Gasteiger partial charge in [0.05, 0.1) is 24.4 Å². The third-order valence-corrected chi connectivity index (χ3v) is 5.08. The normalized spacial score (nSPS) is 12.1. The molecule has 1 aromatic carbocycles. The van der Waals surface area contributed by atoms with Crippen LogP contribution in [0.2, 0.25) is 0 Å². The molecule has 156 valence electrons. The van der Waals surface area contributed by atoms with Crippen molar-refractivity contribution in [1.29, 1.82) is 0 Å². The van der Waals surface area contributed by atoms with Crippen LogP contribution in [-0.4, -0.2) is 43.8 Å². The summed E-state index contributed by atoms with van der Waals surface area (Å²) in [5.41, 5.74) is 1.12. The van der Waals surface area contributed by atoms with Crippen molar-refractivity contribution < 1.29 is 9.47 Å². The third kappa shape index (κ3) is 7.83. The molecule has 0 aliphatic heterocycles. The highest BCUT2D eigenvalue weighted by atomic mass is 127. The van der Waals surface area contributed by atoms with Crippen molar-refractivity contribution in [3.05, 3.63) is 39.8 Å². The third-order valence-electron chi connectivity index (χ3n) is 3.95. The quantitative estimate of drug-likeness (QED) is 0.299. The van der Waals surface area contributed by atoms with Crippen LogP contribution in [0.3, 0.4) is 0 Å². The highest BCUT2D eigenvalue weighted by Gasteiger charge is 2.09. The molecule has 28 heavy (non-hydrogen) atoms. The molecule has 0 fully saturated rings. The summed E-state index contributed by atoms with van der Waals surface area (Å²) < 4.78 is 11.3. The zero-order chi connectivity index (χ0) is 19.6. The van der Waals surface area contributed by atoms with E-state index in [-0.39, 0.29) is 30.1 Å². The summed E-state index contributed by atoms with van der Waals surface area (Å²) in [5, 5.41) is 7.79. The summed E-state index contributed by atoms with van der Waals surface area (Å²) in [7, 11) is 1.64. The fraction of sp³-hybridized carbons (Fsp3) is 0.500. The summed E-state index contributed by atoms with van der Waals surface area (Å²) in [6.07, 6.45) is 0.817. The first-order valence-corrected chi connectivity index (χ1v) is 10.1. The minimum atomic E-state index is -0.0685. The van der Waals surface area contributed by atoms with Gasteiger partial charge in [0.15, 0.2) is 17.5 Å². The molecule has 0 spiro atoms. The van der Waals surface area contributed by atoms with E-state index in [0.29, 0.717) is 6.54 Å². The van der Waals surface area contributed by atoms with Crippen LogP contribution >= 0.6 is 35.3 Å². The SMILES string of the molecule is CCNC(=NCC(C)Oc1ccccc1OC)NCCc1nc(C)c(C)s1.I. The lowest BCUT2D eigenvalue weighted by Crippen LogP contribution is -2.39. The van der Waals surface area contributed by atoms with Crippen LogP contribution in [0.25, 0.3) is 0 Å². The Morgan fingerprint density at radius 2 is 1.93 bits per heavy atom. The molecule has 0 aliphatic carbocycles. The fourth-order valence-electron chi connectivity index (χ4n) is 2.47. The fourth-order valence-corrected chi connectivity index (χ4v) is 3.40. The van der Waals surface area contributed by atoms with Crippen molar-refractivity contribution in [2.24, 2.45) is 4.99 Å². The Morgan fingerprint density at radius 1 is 1.21 bits per heavy atom. The average molecular weight is 518 g/mol. The van der Waals surface area contributed by atoms with Crippen molar-refractivity contribution in [3.63, 3.8) is 0 Å². The Labute approximate surface area is 189 Å². The number of para-hydroxylation sites is 2. The van der Waals surface area contributed by atoms with Crippen LogP contribution in [0.4, 0.5) is 0 Å². The lowest BCUT2D eigenvalue weighted by molar-refractivity contribution is 0.219. The number of aromatic nitrogens is 1. The number of nitrogens with zero attached hydrogens (tertiary/aromatic N) is 2. The van der Waals surface area contributed by atoms with Crippen LogP contribution in [0, 0.1) is 13.8 Å². The van der Waals surface area contributed by atoms with Crippen molar-refractivity contribution >= 4 is 41.3 Å². The Hall–Kier alpha value is -1.55. The van der Waals surface area contributed by atoms with Crippen molar-refractivity contribution in [3.8, 4) is 11.5 Å². The monoisotopic (exact) mass is 518 g/mol. The molecule has 0 saturated carbocycles. The standard InChI is InChI=1S/C20H30N4O2S.HI/c1-6-21-20(22-12-11-19-24-15(3)16(4)27-19)23-13-14(2)26-18-10-8-7-9-17(18)25-5;/h7-10,14H,6,11-13H2,1-5H3,(H2,21,22,23);1H. The van der Waals surface area contributed by atoms with E-state index in [0.717, 1.165) is 47.7 Å². The number of aryl methyl sites for hydroxylation is 2. The Morgan fingerprint density at radius 3 is 2.54 bits per heavy atom. The maximum absolute atomic E-state index is 5.96. The van der Waals surface area contributed by atoms with Gasteiger partial charge in [-0.25, -0.2) is 9.98 Å². The molecule has 0 radical (unpaired) electrons. The van der Waals surface area contributed by atoms with Gasteiger partial charge >= 0.3 is 0 Å². The van der Waals surface area contributed by atoms with Crippen LogP contribution < -0.4 is 20.1 Å². The zero-order valence-corrected chi connectivity index (χ0v) is 20.4. The minimum Gasteiger partial charge on any atom is -0.493 e. The Bertz CT molecular complexity index is 732. The van der Waals surface area contributed by atoms with Crippen molar-refractivity contribution in [2.45, 2.75) is 40.2 Å². The van der Waals surface area contributed by atoms with Gasteiger partial charge in [-0.2, -0.15) is 0 Å². The number of nitrogens with one attached hydrogen (secondary N) is 2. The summed E-state index contributed by atoms with van der Waals surface area (Å²) in [5.74, 6) is 2.25. The van der Waals surface area contributed by atoms with Crippen molar-refractivity contribution in [2.75, 3.05) is 26.7 Å². The van der Waals surface area contributed by atoms with E-state index < -0.39 is 0 Å². The Balaban J connectivity index is 0.00000392. The number of benzene rings is 1. The van der Waals surface area contributed by atoms with E-state index in [1.165, 1.54) is 4.88 Å². The lowest BCUT2D eigenvalue weighted by Gasteiger charge is -2.16. The summed E-state index contributed by atoms with van der Waals surface area (Å²) in [4.78, 5) is 10.5. The van der Waals surface area contributed by atoms with E-state index >= 15 is 0 Å².